The molecule has 0 fully saturated rings. The molecule has 2 aromatic rings. The maximum absolute atomic E-state index is 12.3. The van der Waals surface area contributed by atoms with Crippen molar-refractivity contribution in [2.24, 2.45) is 0 Å². The van der Waals surface area contributed by atoms with E-state index in [1.54, 1.807) is 26.0 Å². The first-order valence-corrected chi connectivity index (χ1v) is 8.96. The van der Waals surface area contributed by atoms with Crippen LogP contribution in [0.1, 0.15) is 21.5 Å². The molecule has 0 N–H and O–H groups in total. The molecule has 2 aromatic carbocycles. The molecule has 0 aliphatic heterocycles. The van der Waals surface area contributed by atoms with Crippen LogP contribution in [0.2, 0.25) is 5.02 Å². The topological polar surface area (TPSA) is 63.7 Å². The summed E-state index contributed by atoms with van der Waals surface area (Å²) in [6, 6.07) is 9.05. The number of hydrogen-bond donors (Lipinski definition) is 0. The van der Waals surface area contributed by atoms with E-state index in [2.05, 4.69) is 0 Å². The van der Waals surface area contributed by atoms with Crippen LogP contribution in [-0.2, 0) is 10.0 Å². The third kappa shape index (κ3) is 3.77. The average molecular weight is 368 g/mol. The Hall–Kier alpha value is -1.89. The summed E-state index contributed by atoms with van der Waals surface area (Å²) in [6.07, 6.45) is 0. The molecule has 0 spiro atoms. The number of esters is 1. The number of halogens is 1. The Morgan fingerprint density at radius 3 is 2.00 bits per heavy atom. The molecule has 24 heavy (non-hydrogen) atoms. The van der Waals surface area contributed by atoms with E-state index < -0.39 is 16.0 Å². The molecule has 0 aliphatic carbocycles. The molecule has 0 aliphatic rings. The van der Waals surface area contributed by atoms with Gasteiger partial charge in [0.2, 0.25) is 10.0 Å². The van der Waals surface area contributed by atoms with Gasteiger partial charge in [-0.3, -0.25) is 0 Å². The van der Waals surface area contributed by atoms with E-state index in [9.17, 15) is 13.2 Å². The van der Waals surface area contributed by atoms with Crippen LogP contribution in [0.3, 0.4) is 0 Å². The van der Waals surface area contributed by atoms with Crippen LogP contribution in [0.25, 0.3) is 0 Å². The van der Waals surface area contributed by atoms with Crippen LogP contribution in [0.5, 0.6) is 5.75 Å². The van der Waals surface area contributed by atoms with E-state index in [1.807, 2.05) is 0 Å². The second-order valence-corrected chi connectivity index (χ2v) is 8.16. The first-order chi connectivity index (χ1) is 11.1. The van der Waals surface area contributed by atoms with E-state index in [4.69, 9.17) is 16.3 Å². The molecule has 128 valence electrons. The number of nitrogens with zero attached hydrogens (tertiary/aromatic N) is 1. The van der Waals surface area contributed by atoms with Gasteiger partial charge in [-0.1, -0.05) is 11.6 Å². The molecule has 2 rings (SSSR count). The summed E-state index contributed by atoms with van der Waals surface area (Å²) < 4.78 is 30.6. The second-order valence-electron chi connectivity index (χ2n) is 5.57. The summed E-state index contributed by atoms with van der Waals surface area (Å²) in [5.41, 5.74) is 1.77. The number of aryl methyl sites for hydroxylation is 2. The van der Waals surface area contributed by atoms with E-state index in [0.717, 1.165) is 15.4 Å². The SMILES string of the molecule is Cc1cc(Cl)cc(C)c1OC(=O)c1ccc(S(=O)(=O)N(C)C)cc1. The largest absolute Gasteiger partial charge is 0.422 e. The smallest absolute Gasteiger partial charge is 0.343 e. The summed E-state index contributed by atoms with van der Waals surface area (Å²) >= 11 is 5.96. The van der Waals surface area contributed by atoms with E-state index in [-0.39, 0.29) is 10.5 Å². The quantitative estimate of drug-likeness (QED) is 0.613. The Morgan fingerprint density at radius 2 is 1.54 bits per heavy atom. The number of carbonyl (C=O) groups is 1. The Balaban J connectivity index is 2.26. The summed E-state index contributed by atoms with van der Waals surface area (Å²) in [6.45, 7) is 3.60. The van der Waals surface area contributed by atoms with Gasteiger partial charge in [-0.05, 0) is 61.4 Å². The van der Waals surface area contributed by atoms with Crippen molar-refractivity contribution in [1.82, 2.24) is 4.31 Å². The lowest BCUT2D eigenvalue weighted by atomic mass is 10.1. The van der Waals surface area contributed by atoms with Crippen molar-refractivity contribution in [2.75, 3.05) is 14.1 Å². The zero-order chi connectivity index (χ0) is 18.1. The Kier molecular flexibility index (Phi) is 5.32. The lowest BCUT2D eigenvalue weighted by Gasteiger charge is -2.13. The van der Waals surface area contributed by atoms with Gasteiger partial charge < -0.3 is 4.74 Å². The highest BCUT2D eigenvalue weighted by molar-refractivity contribution is 7.89. The molecule has 0 amide bonds. The number of benzene rings is 2. The minimum Gasteiger partial charge on any atom is -0.422 e. The molecular weight excluding hydrogens is 350 g/mol. The van der Waals surface area contributed by atoms with Gasteiger partial charge in [0.05, 0.1) is 10.5 Å². The summed E-state index contributed by atoms with van der Waals surface area (Å²) in [5, 5.41) is 0.572. The molecule has 0 radical (unpaired) electrons. The van der Waals surface area contributed by atoms with Gasteiger partial charge >= 0.3 is 5.97 Å². The van der Waals surface area contributed by atoms with E-state index in [0.29, 0.717) is 10.8 Å². The molecule has 0 bridgehead atoms. The lowest BCUT2D eigenvalue weighted by Crippen LogP contribution is -2.22. The fraction of sp³-hybridized carbons (Fsp3) is 0.235. The number of sulfonamides is 1. The minimum atomic E-state index is -3.53. The van der Waals surface area contributed by atoms with Gasteiger partial charge in [0.25, 0.3) is 0 Å². The summed E-state index contributed by atoms with van der Waals surface area (Å²) in [4.78, 5) is 12.4. The van der Waals surface area contributed by atoms with Crippen LogP contribution in [0.4, 0.5) is 0 Å². The van der Waals surface area contributed by atoms with Crippen molar-refractivity contribution < 1.29 is 17.9 Å². The van der Waals surface area contributed by atoms with Crippen molar-refractivity contribution >= 4 is 27.6 Å². The Bertz CT molecular complexity index is 851. The van der Waals surface area contributed by atoms with Gasteiger partial charge in [0.15, 0.2) is 0 Å². The summed E-state index contributed by atoms with van der Waals surface area (Å²) in [5.74, 6) is -0.105. The second kappa shape index (κ2) is 6.93. The van der Waals surface area contributed by atoms with Crippen LogP contribution in [0.15, 0.2) is 41.3 Å². The monoisotopic (exact) mass is 367 g/mol. The van der Waals surface area contributed by atoms with Gasteiger partial charge in [-0.15, -0.1) is 0 Å². The lowest BCUT2D eigenvalue weighted by molar-refractivity contribution is 0.0732. The number of ether oxygens (including phenoxy) is 1. The first-order valence-electron chi connectivity index (χ1n) is 7.14. The summed E-state index contributed by atoms with van der Waals surface area (Å²) in [7, 11) is -0.634. The van der Waals surface area contributed by atoms with Gasteiger partial charge in [-0.2, -0.15) is 0 Å². The highest BCUT2D eigenvalue weighted by Gasteiger charge is 2.18. The van der Waals surface area contributed by atoms with Gasteiger partial charge in [0, 0.05) is 19.1 Å². The normalized spacial score (nSPS) is 11.6. The zero-order valence-corrected chi connectivity index (χ0v) is 15.4. The molecule has 7 heteroatoms. The fourth-order valence-corrected chi connectivity index (χ4v) is 3.41. The molecule has 0 unspecified atom stereocenters. The number of rotatable bonds is 4. The maximum Gasteiger partial charge on any atom is 0.343 e. The highest BCUT2D eigenvalue weighted by atomic mass is 35.5. The highest BCUT2D eigenvalue weighted by Crippen LogP contribution is 2.28. The van der Waals surface area contributed by atoms with Crippen molar-refractivity contribution in [3.05, 3.63) is 58.1 Å². The van der Waals surface area contributed by atoms with Crippen LogP contribution >= 0.6 is 11.6 Å². The molecular formula is C17H18ClNO4S. The van der Waals surface area contributed by atoms with Crippen LogP contribution in [0, 0.1) is 13.8 Å². The fourth-order valence-electron chi connectivity index (χ4n) is 2.18. The van der Waals surface area contributed by atoms with Crippen molar-refractivity contribution in [3.63, 3.8) is 0 Å². The van der Waals surface area contributed by atoms with Crippen molar-refractivity contribution in [3.8, 4) is 5.75 Å². The van der Waals surface area contributed by atoms with Gasteiger partial charge in [0.1, 0.15) is 5.75 Å². The molecule has 0 saturated heterocycles. The Morgan fingerprint density at radius 1 is 1.04 bits per heavy atom. The molecule has 0 heterocycles. The van der Waals surface area contributed by atoms with Crippen LogP contribution < -0.4 is 4.74 Å². The molecule has 5 nitrogen and oxygen atoms in total. The van der Waals surface area contributed by atoms with E-state index in [1.165, 1.54) is 38.4 Å². The van der Waals surface area contributed by atoms with Crippen molar-refractivity contribution in [1.29, 1.82) is 0 Å². The Labute approximate surface area is 146 Å². The average Bonchev–Trinajstić information content (AvgIpc) is 2.50. The van der Waals surface area contributed by atoms with Crippen LogP contribution in [-0.4, -0.2) is 32.8 Å². The van der Waals surface area contributed by atoms with Gasteiger partial charge in [-0.25, -0.2) is 17.5 Å². The third-order valence-corrected chi connectivity index (χ3v) is 5.54. The number of carbonyl (C=O) groups excluding carboxylic acids is 1. The molecule has 0 atom stereocenters. The zero-order valence-electron chi connectivity index (χ0n) is 13.8. The first kappa shape index (κ1) is 18.4. The predicted octanol–water partition coefficient (Wildman–Crippen LogP) is 3.43. The van der Waals surface area contributed by atoms with E-state index >= 15 is 0 Å². The maximum atomic E-state index is 12.3. The number of hydrogen-bond acceptors (Lipinski definition) is 4. The van der Waals surface area contributed by atoms with Crippen molar-refractivity contribution in [2.45, 2.75) is 18.7 Å². The molecule has 0 saturated carbocycles. The molecule has 0 aromatic heterocycles. The standard InChI is InChI=1S/C17H18ClNO4S/c1-11-9-14(18)10-12(2)16(11)23-17(20)13-5-7-15(8-6-13)24(21,22)19(3)4/h5-10H,1-4H3. The third-order valence-electron chi connectivity index (χ3n) is 3.49. The predicted molar refractivity (Wildman–Crippen MR) is 93.2 cm³/mol. The minimum absolute atomic E-state index is 0.114.